The van der Waals surface area contributed by atoms with E-state index < -0.39 is 0 Å². The highest BCUT2D eigenvalue weighted by Crippen LogP contribution is 2.31. The van der Waals surface area contributed by atoms with Crippen LogP contribution in [0.1, 0.15) is 18.5 Å². The number of methoxy groups -OCH3 is 1. The first-order valence-corrected chi connectivity index (χ1v) is 6.40. The Balaban J connectivity index is 2.14. The van der Waals surface area contributed by atoms with E-state index >= 15 is 0 Å². The monoisotopic (exact) mass is 284 g/mol. The van der Waals surface area contributed by atoms with E-state index in [0.717, 1.165) is 29.1 Å². The van der Waals surface area contributed by atoms with Gasteiger partial charge in [-0.25, -0.2) is 4.98 Å². The molecule has 0 aliphatic heterocycles. The maximum atomic E-state index is 5.15. The lowest BCUT2D eigenvalue weighted by Gasteiger charge is -2.23. The Bertz CT molecular complexity index is 366. The lowest BCUT2D eigenvalue weighted by atomic mass is 10.3. The Labute approximate surface area is 105 Å². The average molecular weight is 285 g/mol. The van der Waals surface area contributed by atoms with Gasteiger partial charge in [-0.05, 0) is 47.8 Å². The van der Waals surface area contributed by atoms with Crippen molar-refractivity contribution in [2.24, 2.45) is 0 Å². The quantitative estimate of drug-likeness (QED) is 0.831. The van der Waals surface area contributed by atoms with Gasteiger partial charge in [0.2, 0.25) is 0 Å². The minimum atomic E-state index is 0.670. The molecule has 0 unspecified atom stereocenters. The van der Waals surface area contributed by atoms with Crippen molar-refractivity contribution in [3.05, 3.63) is 22.3 Å². The van der Waals surface area contributed by atoms with E-state index in [0.29, 0.717) is 6.04 Å². The van der Waals surface area contributed by atoms with Gasteiger partial charge < -0.3 is 9.64 Å². The molecule has 4 heteroatoms. The van der Waals surface area contributed by atoms with Crippen molar-refractivity contribution >= 4 is 21.7 Å². The zero-order chi connectivity index (χ0) is 11.5. The smallest absolute Gasteiger partial charge is 0.129 e. The Kier molecular flexibility index (Phi) is 3.82. The van der Waals surface area contributed by atoms with Gasteiger partial charge in [-0.3, -0.25) is 0 Å². The molecule has 0 bridgehead atoms. The predicted octanol–water partition coefficient (Wildman–Crippen LogP) is 2.77. The summed E-state index contributed by atoms with van der Waals surface area (Å²) in [6, 6.07) is 4.81. The van der Waals surface area contributed by atoms with Gasteiger partial charge in [0.05, 0.1) is 12.3 Å². The van der Waals surface area contributed by atoms with Crippen molar-refractivity contribution in [2.75, 3.05) is 25.2 Å². The first-order chi connectivity index (χ1) is 7.72. The second-order valence-electron chi connectivity index (χ2n) is 4.15. The first-order valence-electron chi connectivity index (χ1n) is 5.61. The predicted molar refractivity (Wildman–Crippen MR) is 68.9 cm³/mol. The summed E-state index contributed by atoms with van der Waals surface area (Å²) >= 11 is 3.48. The van der Waals surface area contributed by atoms with Crippen LogP contribution in [0.4, 0.5) is 5.82 Å². The standard InChI is InChI=1S/C12H17BrN2O/c1-9-11(13)5-6-12(14-9)15(7-8-16-2)10-3-4-10/h5-6,10H,3-4,7-8H2,1-2H3. The van der Waals surface area contributed by atoms with Crippen LogP contribution in [0.2, 0.25) is 0 Å². The Hall–Kier alpha value is -0.610. The number of anilines is 1. The Morgan fingerprint density at radius 1 is 1.50 bits per heavy atom. The number of pyridine rings is 1. The summed E-state index contributed by atoms with van der Waals surface area (Å²) < 4.78 is 6.22. The molecule has 88 valence electrons. The number of rotatable bonds is 5. The summed E-state index contributed by atoms with van der Waals surface area (Å²) in [6.45, 7) is 3.71. The molecule has 0 atom stereocenters. The van der Waals surface area contributed by atoms with Crippen LogP contribution < -0.4 is 4.90 Å². The highest BCUT2D eigenvalue weighted by Gasteiger charge is 2.29. The van der Waals surface area contributed by atoms with E-state index in [9.17, 15) is 0 Å². The summed E-state index contributed by atoms with van der Waals surface area (Å²) in [5, 5.41) is 0. The molecule has 1 saturated carbocycles. The molecular weight excluding hydrogens is 268 g/mol. The van der Waals surface area contributed by atoms with Crippen LogP contribution in [0.15, 0.2) is 16.6 Å². The van der Waals surface area contributed by atoms with Crippen LogP contribution in [0.5, 0.6) is 0 Å². The molecule has 0 amide bonds. The molecule has 0 N–H and O–H groups in total. The number of aryl methyl sites for hydroxylation is 1. The minimum Gasteiger partial charge on any atom is -0.383 e. The first kappa shape index (κ1) is 11.9. The fourth-order valence-corrected chi connectivity index (χ4v) is 1.97. The Morgan fingerprint density at radius 2 is 2.25 bits per heavy atom. The molecule has 2 rings (SSSR count). The number of aromatic nitrogens is 1. The van der Waals surface area contributed by atoms with Gasteiger partial charge in [0, 0.05) is 24.2 Å². The van der Waals surface area contributed by atoms with E-state index in [4.69, 9.17) is 4.74 Å². The second kappa shape index (κ2) is 5.15. The number of hydrogen-bond donors (Lipinski definition) is 0. The molecule has 1 aliphatic rings. The van der Waals surface area contributed by atoms with Crippen molar-refractivity contribution < 1.29 is 4.74 Å². The van der Waals surface area contributed by atoms with Gasteiger partial charge >= 0.3 is 0 Å². The highest BCUT2D eigenvalue weighted by molar-refractivity contribution is 9.10. The fourth-order valence-electron chi connectivity index (χ4n) is 1.75. The van der Waals surface area contributed by atoms with Crippen LogP contribution in [-0.2, 0) is 4.74 Å². The van der Waals surface area contributed by atoms with Gasteiger partial charge in [0.1, 0.15) is 5.82 Å². The van der Waals surface area contributed by atoms with E-state index in [1.165, 1.54) is 12.8 Å². The lowest BCUT2D eigenvalue weighted by Crippen LogP contribution is -2.30. The van der Waals surface area contributed by atoms with Crippen molar-refractivity contribution in [1.29, 1.82) is 0 Å². The fraction of sp³-hybridized carbons (Fsp3) is 0.583. The van der Waals surface area contributed by atoms with Crippen LogP contribution in [-0.4, -0.2) is 31.3 Å². The summed E-state index contributed by atoms with van der Waals surface area (Å²) in [5.74, 6) is 1.07. The third-order valence-electron chi connectivity index (χ3n) is 2.82. The molecule has 3 nitrogen and oxygen atoms in total. The summed E-state index contributed by atoms with van der Waals surface area (Å²) in [5.41, 5.74) is 1.04. The normalized spacial score (nSPS) is 15.2. The molecule has 1 aliphatic carbocycles. The van der Waals surface area contributed by atoms with E-state index in [1.54, 1.807) is 7.11 Å². The summed E-state index contributed by atoms with van der Waals surface area (Å²) in [6.07, 6.45) is 2.56. The molecule has 0 aromatic carbocycles. The van der Waals surface area contributed by atoms with E-state index in [2.05, 4.69) is 37.9 Å². The Morgan fingerprint density at radius 3 is 2.81 bits per heavy atom. The molecule has 16 heavy (non-hydrogen) atoms. The zero-order valence-corrected chi connectivity index (χ0v) is 11.3. The molecule has 0 saturated heterocycles. The molecule has 1 aromatic rings. The zero-order valence-electron chi connectivity index (χ0n) is 9.74. The second-order valence-corrected chi connectivity index (χ2v) is 5.01. The average Bonchev–Trinajstić information content (AvgIpc) is 3.08. The molecule has 1 fully saturated rings. The molecule has 1 heterocycles. The number of halogens is 1. The third-order valence-corrected chi connectivity index (χ3v) is 3.66. The van der Waals surface area contributed by atoms with Crippen molar-refractivity contribution in [2.45, 2.75) is 25.8 Å². The van der Waals surface area contributed by atoms with Crippen molar-refractivity contribution in [3.63, 3.8) is 0 Å². The number of ether oxygens (including phenoxy) is 1. The van der Waals surface area contributed by atoms with Gasteiger partial charge in [0.15, 0.2) is 0 Å². The molecular formula is C12H17BrN2O. The van der Waals surface area contributed by atoms with Crippen LogP contribution in [0, 0.1) is 6.92 Å². The third kappa shape index (κ3) is 2.74. The minimum absolute atomic E-state index is 0.670. The van der Waals surface area contributed by atoms with Gasteiger partial charge in [-0.2, -0.15) is 0 Å². The van der Waals surface area contributed by atoms with Crippen molar-refractivity contribution in [3.8, 4) is 0 Å². The largest absolute Gasteiger partial charge is 0.383 e. The number of nitrogens with zero attached hydrogens (tertiary/aromatic N) is 2. The van der Waals surface area contributed by atoms with Crippen LogP contribution >= 0.6 is 15.9 Å². The van der Waals surface area contributed by atoms with Gasteiger partial charge in [0.25, 0.3) is 0 Å². The highest BCUT2D eigenvalue weighted by atomic mass is 79.9. The molecule has 1 aromatic heterocycles. The molecule has 0 radical (unpaired) electrons. The maximum absolute atomic E-state index is 5.15. The van der Waals surface area contributed by atoms with Crippen LogP contribution in [0.25, 0.3) is 0 Å². The topological polar surface area (TPSA) is 25.4 Å². The van der Waals surface area contributed by atoms with E-state index in [1.807, 2.05) is 6.92 Å². The summed E-state index contributed by atoms with van der Waals surface area (Å²) in [4.78, 5) is 6.96. The van der Waals surface area contributed by atoms with Crippen molar-refractivity contribution in [1.82, 2.24) is 4.98 Å². The SMILES string of the molecule is COCCN(c1ccc(Br)c(C)n1)C1CC1. The van der Waals surface area contributed by atoms with Gasteiger partial charge in [-0.15, -0.1) is 0 Å². The number of hydrogen-bond acceptors (Lipinski definition) is 3. The van der Waals surface area contributed by atoms with E-state index in [-0.39, 0.29) is 0 Å². The molecule has 0 spiro atoms. The van der Waals surface area contributed by atoms with Gasteiger partial charge in [-0.1, -0.05) is 0 Å². The maximum Gasteiger partial charge on any atom is 0.129 e. The lowest BCUT2D eigenvalue weighted by molar-refractivity contribution is 0.204. The summed E-state index contributed by atoms with van der Waals surface area (Å²) in [7, 11) is 1.74. The van der Waals surface area contributed by atoms with Crippen LogP contribution in [0.3, 0.4) is 0 Å².